The Labute approximate surface area is 121 Å². The number of benzene rings is 1. The maximum absolute atomic E-state index is 12.4. The predicted molar refractivity (Wildman–Crippen MR) is 75.7 cm³/mol. The summed E-state index contributed by atoms with van der Waals surface area (Å²) in [4.78, 5) is 37.2. The first-order valence-corrected chi connectivity index (χ1v) is 6.89. The zero-order chi connectivity index (χ0) is 15.0. The number of nitrogens with zero attached hydrogens (tertiary/aromatic N) is 1. The number of furan rings is 1. The molecule has 3 rings (SSSR count). The fourth-order valence-corrected chi connectivity index (χ4v) is 2.63. The fraction of sp³-hybridized carbons (Fsp3) is 0.312. The smallest absolute Gasteiger partial charge is 0.229 e. The highest BCUT2D eigenvalue weighted by Gasteiger charge is 2.32. The number of ketones is 1. The molecule has 5 nitrogen and oxygen atoms in total. The van der Waals surface area contributed by atoms with Crippen LogP contribution in [0.4, 0.5) is 0 Å². The van der Waals surface area contributed by atoms with E-state index in [2.05, 4.69) is 0 Å². The lowest BCUT2D eigenvalue weighted by atomic mass is 9.97. The molecule has 2 amide bonds. The van der Waals surface area contributed by atoms with E-state index in [1.165, 1.54) is 6.26 Å². The largest absolute Gasteiger partial charge is 0.464 e. The monoisotopic (exact) mass is 285 g/mol. The number of para-hydroxylation sites is 1. The number of Topliss-reactive ketones (excluding diaryl/α,β-unsaturated/α-hetero) is 1. The zero-order valence-electron chi connectivity index (χ0n) is 11.7. The molecule has 1 aromatic carbocycles. The van der Waals surface area contributed by atoms with Crippen molar-refractivity contribution in [2.45, 2.75) is 19.8 Å². The standard InChI is InChI=1S/C16H15NO4/c1-10-6-15(19)17(16(20)7-10)8-13(18)12-9-21-14-5-3-2-4-11(12)14/h2-5,9-10H,6-8H2,1H3. The van der Waals surface area contributed by atoms with Crippen molar-refractivity contribution in [2.75, 3.05) is 6.54 Å². The Kier molecular flexibility index (Phi) is 3.33. The van der Waals surface area contributed by atoms with Gasteiger partial charge in [-0.15, -0.1) is 0 Å². The Morgan fingerprint density at radius 3 is 2.62 bits per heavy atom. The van der Waals surface area contributed by atoms with Crippen LogP contribution in [0.15, 0.2) is 34.9 Å². The van der Waals surface area contributed by atoms with E-state index in [-0.39, 0.29) is 30.1 Å². The van der Waals surface area contributed by atoms with E-state index in [0.29, 0.717) is 29.4 Å². The lowest BCUT2D eigenvalue weighted by Crippen LogP contribution is -2.45. The molecule has 2 heterocycles. The van der Waals surface area contributed by atoms with Gasteiger partial charge in [-0.25, -0.2) is 0 Å². The van der Waals surface area contributed by atoms with Gasteiger partial charge in [0, 0.05) is 18.2 Å². The molecule has 1 aromatic heterocycles. The predicted octanol–water partition coefficient (Wildman–Crippen LogP) is 2.40. The molecule has 1 aliphatic heterocycles. The molecule has 0 saturated carbocycles. The molecule has 21 heavy (non-hydrogen) atoms. The number of piperidine rings is 1. The highest BCUT2D eigenvalue weighted by Crippen LogP contribution is 2.23. The second kappa shape index (κ2) is 5.16. The molecule has 5 heteroatoms. The van der Waals surface area contributed by atoms with Crippen molar-refractivity contribution in [3.8, 4) is 0 Å². The number of amides is 2. The lowest BCUT2D eigenvalue weighted by molar-refractivity contribution is -0.149. The molecule has 0 unspecified atom stereocenters. The Bertz CT molecular complexity index is 713. The summed E-state index contributed by atoms with van der Waals surface area (Å²) in [7, 11) is 0. The van der Waals surface area contributed by atoms with Crippen LogP contribution in [0, 0.1) is 5.92 Å². The number of fused-ring (bicyclic) bond motifs is 1. The molecule has 1 aliphatic rings. The summed E-state index contributed by atoms with van der Waals surface area (Å²) in [5.74, 6) is -0.790. The highest BCUT2D eigenvalue weighted by molar-refractivity contribution is 6.11. The molecular weight excluding hydrogens is 270 g/mol. The van der Waals surface area contributed by atoms with Crippen molar-refractivity contribution in [1.82, 2.24) is 4.90 Å². The summed E-state index contributed by atoms with van der Waals surface area (Å²) in [5, 5.41) is 0.702. The molecule has 0 bridgehead atoms. The number of likely N-dealkylation sites (tertiary alicyclic amines) is 1. The summed E-state index contributed by atoms with van der Waals surface area (Å²) in [6, 6.07) is 7.19. The van der Waals surface area contributed by atoms with E-state index in [1.54, 1.807) is 12.1 Å². The van der Waals surface area contributed by atoms with E-state index in [0.717, 1.165) is 4.90 Å². The van der Waals surface area contributed by atoms with Gasteiger partial charge in [0.15, 0.2) is 5.78 Å². The highest BCUT2D eigenvalue weighted by atomic mass is 16.3. The van der Waals surface area contributed by atoms with Crippen molar-refractivity contribution >= 4 is 28.6 Å². The van der Waals surface area contributed by atoms with Crippen LogP contribution in [0.2, 0.25) is 0 Å². The van der Waals surface area contributed by atoms with Crippen molar-refractivity contribution in [3.05, 3.63) is 36.1 Å². The van der Waals surface area contributed by atoms with Crippen molar-refractivity contribution in [2.24, 2.45) is 5.92 Å². The number of carbonyl (C=O) groups is 3. The Morgan fingerprint density at radius 1 is 1.24 bits per heavy atom. The number of hydrogen-bond donors (Lipinski definition) is 0. The van der Waals surface area contributed by atoms with Gasteiger partial charge in [-0.2, -0.15) is 0 Å². The van der Waals surface area contributed by atoms with Crippen LogP contribution in [0.1, 0.15) is 30.1 Å². The van der Waals surface area contributed by atoms with Gasteiger partial charge in [0.2, 0.25) is 11.8 Å². The number of rotatable bonds is 3. The first kappa shape index (κ1) is 13.5. The maximum atomic E-state index is 12.4. The summed E-state index contributed by atoms with van der Waals surface area (Å²) in [6.45, 7) is 1.65. The van der Waals surface area contributed by atoms with E-state index < -0.39 is 0 Å². The Balaban J connectivity index is 1.83. The van der Waals surface area contributed by atoms with Crippen LogP contribution in [0.5, 0.6) is 0 Å². The Hall–Kier alpha value is -2.43. The SMILES string of the molecule is CC1CC(=O)N(CC(=O)c2coc3ccccc23)C(=O)C1. The molecule has 0 aliphatic carbocycles. The molecule has 1 fully saturated rings. The lowest BCUT2D eigenvalue weighted by Gasteiger charge is -2.27. The summed E-state index contributed by atoms with van der Waals surface area (Å²) in [5.41, 5.74) is 1.02. The van der Waals surface area contributed by atoms with E-state index in [9.17, 15) is 14.4 Å². The first-order chi connectivity index (χ1) is 10.1. The molecule has 0 spiro atoms. The molecule has 1 saturated heterocycles. The van der Waals surface area contributed by atoms with Gasteiger partial charge in [-0.05, 0) is 12.0 Å². The van der Waals surface area contributed by atoms with Crippen molar-refractivity contribution < 1.29 is 18.8 Å². The van der Waals surface area contributed by atoms with Crippen molar-refractivity contribution in [1.29, 1.82) is 0 Å². The zero-order valence-corrected chi connectivity index (χ0v) is 11.7. The van der Waals surface area contributed by atoms with Gasteiger partial charge >= 0.3 is 0 Å². The third kappa shape index (κ3) is 2.46. The number of imide groups is 1. The maximum Gasteiger partial charge on any atom is 0.229 e. The van der Waals surface area contributed by atoms with Gasteiger partial charge < -0.3 is 4.42 Å². The van der Waals surface area contributed by atoms with E-state index in [1.807, 2.05) is 19.1 Å². The normalized spacial score (nSPS) is 16.7. The van der Waals surface area contributed by atoms with Crippen LogP contribution in [0.25, 0.3) is 11.0 Å². The minimum absolute atomic E-state index is 0.0473. The van der Waals surface area contributed by atoms with Crippen LogP contribution in [0.3, 0.4) is 0 Å². The van der Waals surface area contributed by atoms with Crippen LogP contribution >= 0.6 is 0 Å². The quantitative estimate of drug-likeness (QED) is 0.641. The third-order valence-corrected chi connectivity index (χ3v) is 3.73. The fourth-order valence-electron chi connectivity index (χ4n) is 2.63. The first-order valence-electron chi connectivity index (χ1n) is 6.89. The molecular formula is C16H15NO4. The second-order valence-electron chi connectivity index (χ2n) is 5.46. The van der Waals surface area contributed by atoms with Gasteiger partial charge in [0.25, 0.3) is 0 Å². The van der Waals surface area contributed by atoms with Gasteiger partial charge in [0.05, 0.1) is 12.1 Å². The van der Waals surface area contributed by atoms with Gasteiger partial charge in [-0.3, -0.25) is 19.3 Å². The average Bonchev–Trinajstić information content (AvgIpc) is 2.86. The molecule has 2 aromatic rings. The summed E-state index contributed by atoms with van der Waals surface area (Å²) in [6.07, 6.45) is 2.00. The van der Waals surface area contributed by atoms with Crippen molar-refractivity contribution in [3.63, 3.8) is 0 Å². The average molecular weight is 285 g/mol. The van der Waals surface area contributed by atoms with Crippen LogP contribution in [-0.2, 0) is 9.59 Å². The summed E-state index contributed by atoms with van der Waals surface area (Å²) >= 11 is 0. The third-order valence-electron chi connectivity index (χ3n) is 3.73. The number of hydrogen-bond acceptors (Lipinski definition) is 4. The van der Waals surface area contributed by atoms with Gasteiger partial charge in [0.1, 0.15) is 11.8 Å². The minimum atomic E-state index is -0.281. The molecule has 0 atom stereocenters. The number of carbonyl (C=O) groups excluding carboxylic acids is 3. The Morgan fingerprint density at radius 2 is 1.90 bits per heavy atom. The minimum Gasteiger partial charge on any atom is -0.464 e. The van der Waals surface area contributed by atoms with E-state index >= 15 is 0 Å². The van der Waals surface area contributed by atoms with Gasteiger partial charge in [-0.1, -0.05) is 25.1 Å². The molecule has 108 valence electrons. The van der Waals surface area contributed by atoms with Crippen LogP contribution < -0.4 is 0 Å². The summed E-state index contributed by atoms with van der Waals surface area (Å²) < 4.78 is 5.32. The van der Waals surface area contributed by atoms with Crippen LogP contribution in [-0.4, -0.2) is 29.0 Å². The molecule has 0 radical (unpaired) electrons. The topological polar surface area (TPSA) is 67.6 Å². The second-order valence-corrected chi connectivity index (χ2v) is 5.46. The van der Waals surface area contributed by atoms with E-state index in [4.69, 9.17) is 4.42 Å². The molecule has 0 N–H and O–H groups in total.